The van der Waals surface area contributed by atoms with E-state index in [0.29, 0.717) is 37.7 Å². The van der Waals surface area contributed by atoms with Crippen molar-refractivity contribution in [1.29, 1.82) is 0 Å². The van der Waals surface area contributed by atoms with E-state index in [0.717, 1.165) is 17.6 Å². The number of carbonyl (C=O) groups is 1. The molecule has 4 rings (SSSR count). The standard InChI is InChI=1S/C21H31NO5/c1-20-10-16(23)12-8-14-18(25)19(26)15(22(2)3)9-21(14,27)7-6-11(12)13(20)4-5-17(20)24/h8,13,15-16,18-19,23,25-27H,4-7,9-10H2,1-3H3. The zero-order valence-electron chi connectivity index (χ0n) is 16.4. The maximum atomic E-state index is 12.5. The number of hydrogen-bond donors (Lipinski definition) is 4. The van der Waals surface area contributed by atoms with Crippen LogP contribution in [0.1, 0.15) is 45.4 Å². The first-order valence-electron chi connectivity index (χ1n) is 10.00. The Morgan fingerprint density at radius 3 is 2.52 bits per heavy atom. The van der Waals surface area contributed by atoms with Gasteiger partial charge in [0.1, 0.15) is 11.9 Å². The number of allylic oxidation sites excluding steroid dienone is 1. The lowest BCUT2D eigenvalue weighted by molar-refractivity contribution is -0.127. The Morgan fingerprint density at radius 1 is 1.15 bits per heavy atom. The molecule has 7 atom stereocenters. The van der Waals surface area contributed by atoms with Crippen LogP contribution in [0.25, 0.3) is 0 Å². The quantitative estimate of drug-likeness (QED) is 0.532. The Balaban J connectivity index is 1.77. The van der Waals surface area contributed by atoms with E-state index in [1.54, 1.807) is 6.08 Å². The molecule has 0 aliphatic heterocycles. The predicted octanol–water partition coefficient (Wildman–Crippen LogP) is 0.540. The summed E-state index contributed by atoms with van der Waals surface area (Å²) in [7, 11) is 3.66. The third-order valence-electron chi connectivity index (χ3n) is 7.74. The predicted molar refractivity (Wildman–Crippen MR) is 99.9 cm³/mol. The fraction of sp³-hybridized carbons (Fsp3) is 0.762. The van der Waals surface area contributed by atoms with Crippen LogP contribution in [0.3, 0.4) is 0 Å². The van der Waals surface area contributed by atoms with Crippen molar-refractivity contribution < 1.29 is 25.2 Å². The van der Waals surface area contributed by atoms with Crippen molar-refractivity contribution in [2.75, 3.05) is 14.1 Å². The maximum Gasteiger partial charge on any atom is 0.139 e. The third-order valence-corrected chi connectivity index (χ3v) is 7.74. The van der Waals surface area contributed by atoms with Crippen molar-refractivity contribution in [1.82, 2.24) is 4.90 Å². The third kappa shape index (κ3) is 2.69. The molecule has 0 radical (unpaired) electrons. The van der Waals surface area contributed by atoms with E-state index in [-0.39, 0.29) is 17.7 Å². The average molecular weight is 377 g/mol. The van der Waals surface area contributed by atoms with Gasteiger partial charge < -0.3 is 25.3 Å². The molecule has 7 unspecified atom stereocenters. The lowest BCUT2D eigenvalue weighted by Crippen LogP contribution is -2.58. The Kier molecular flexibility index (Phi) is 4.44. The zero-order valence-corrected chi connectivity index (χ0v) is 16.4. The molecule has 0 aromatic rings. The summed E-state index contributed by atoms with van der Waals surface area (Å²) in [4.78, 5) is 14.3. The molecular weight excluding hydrogens is 346 g/mol. The number of likely N-dealkylation sites (N-methyl/N-ethyl adjacent to an activating group) is 1. The van der Waals surface area contributed by atoms with Gasteiger partial charge in [0.25, 0.3) is 0 Å². The zero-order chi connectivity index (χ0) is 19.7. The average Bonchev–Trinajstić information content (AvgIpc) is 2.79. The van der Waals surface area contributed by atoms with Gasteiger partial charge in [-0.05, 0) is 63.3 Å². The van der Waals surface area contributed by atoms with Crippen molar-refractivity contribution in [2.45, 2.75) is 75.4 Å². The van der Waals surface area contributed by atoms with E-state index >= 15 is 0 Å². The van der Waals surface area contributed by atoms with E-state index in [4.69, 9.17) is 0 Å². The van der Waals surface area contributed by atoms with Gasteiger partial charge in [-0.3, -0.25) is 4.79 Å². The van der Waals surface area contributed by atoms with Gasteiger partial charge in [-0.25, -0.2) is 0 Å². The van der Waals surface area contributed by atoms with Crippen LogP contribution >= 0.6 is 0 Å². The van der Waals surface area contributed by atoms with E-state index in [1.165, 1.54) is 0 Å². The smallest absolute Gasteiger partial charge is 0.139 e. The second-order valence-electron chi connectivity index (χ2n) is 9.43. The summed E-state index contributed by atoms with van der Waals surface area (Å²) in [6, 6.07) is -0.347. The summed E-state index contributed by atoms with van der Waals surface area (Å²) in [5, 5.41) is 43.6. The minimum atomic E-state index is -1.22. The Hall–Kier alpha value is -1.05. The fourth-order valence-electron chi connectivity index (χ4n) is 6.04. The molecule has 6 heteroatoms. The minimum absolute atomic E-state index is 0.0933. The van der Waals surface area contributed by atoms with Gasteiger partial charge >= 0.3 is 0 Å². The summed E-state index contributed by atoms with van der Waals surface area (Å²) in [5.74, 6) is 0.310. The summed E-state index contributed by atoms with van der Waals surface area (Å²) in [6.45, 7) is 1.96. The lowest BCUT2D eigenvalue weighted by atomic mass is 9.64. The van der Waals surface area contributed by atoms with E-state index in [2.05, 4.69) is 0 Å². The molecule has 2 saturated carbocycles. The molecule has 0 saturated heterocycles. The van der Waals surface area contributed by atoms with Gasteiger partial charge in [0, 0.05) is 17.9 Å². The molecule has 0 heterocycles. The van der Waals surface area contributed by atoms with Crippen LogP contribution in [0.2, 0.25) is 0 Å². The number of ketones is 1. The molecule has 0 aromatic carbocycles. The number of aliphatic hydroxyl groups excluding tert-OH is 3. The van der Waals surface area contributed by atoms with Gasteiger partial charge in [-0.15, -0.1) is 0 Å². The highest BCUT2D eigenvalue weighted by Crippen LogP contribution is 2.55. The first-order chi connectivity index (χ1) is 12.6. The minimum Gasteiger partial charge on any atom is -0.388 e. The van der Waals surface area contributed by atoms with Crippen LogP contribution < -0.4 is 0 Å². The van der Waals surface area contributed by atoms with Crippen molar-refractivity contribution in [3.8, 4) is 0 Å². The first-order valence-corrected chi connectivity index (χ1v) is 10.00. The number of fused-ring (bicyclic) bond motifs is 3. The molecule has 0 spiro atoms. The van der Waals surface area contributed by atoms with Gasteiger partial charge in [0.15, 0.2) is 0 Å². The highest BCUT2D eigenvalue weighted by atomic mass is 16.3. The highest BCUT2D eigenvalue weighted by molar-refractivity contribution is 5.88. The second-order valence-corrected chi connectivity index (χ2v) is 9.43. The monoisotopic (exact) mass is 377 g/mol. The number of Topliss-reactive ketones (excluding diaryl/α,β-unsaturated/α-hetero) is 1. The summed E-state index contributed by atoms with van der Waals surface area (Å²) in [6.07, 6.45) is 1.85. The summed E-state index contributed by atoms with van der Waals surface area (Å²) in [5.41, 5.74) is 0.460. The van der Waals surface area contributed by atoms with Gasteiger partial charge in [-0.1, -0.05) is 18.6 Å². The van der Waals surface area contributed by atoms with E-state index < -0.39 is 29.3 Å². The molecule has 0 bridgehead atoms. The Morgan fingerprint density at radius 2 is 1.85 bits per heavy atom. The maximum absolute atomic E-state index is 12.5. The number of carbonyl (C=O) groups excluding carboxylic acids is 1. The molecule has 4 aliphatic carbocycles. The van der Waals surface area contributed by atoms with Crippen LogP contribution in [0.4, 0.5) is 0 Å². The van der Waals surface area contributed by atoms with Crippen LogP contribution in [-0.4, -0.2) is 75.2 Å². The summed E-state index contributed by atoms with van der Waals surface area (Å²) < 4.78 is 0. The number of nitrogens with zero attached hydrogens (tertiary/aromatic N) is 1. The van der Waals surface area contributed by atoms with Gasteiger partial charge in [0.05, 0.1) is 17.8 Å². The highest BCUT2D eigenvalue weighted by Gasteiger charge is 2.55. The Labute approximate surface area is 160 Å². The van der Waals surface area contributed by atoms with Gasteiger partial charge in [0.2, 0.25) is 0 Å². The van der Waals surface area contributed by atoms with Crippen LogP contribution in [0.5, 0.6) is 0 Å². The fourth-order valence-corrected chi connectivity index (χ4v) is 6.04. The molecule has 6 nitrogen and oxygen atoms in total. The largest absolute Gasteiger partial charge is 0.388 e. The molecule has 0 amide bonds. The molecule has 150 valence electrons. The molecule has 27 heavy (non-hydrogen) atoms. The van der Waals surface area contributed by atoms with Crippen molar-refractivity contribution >= 4 is 5.78 Å². The van der Waals surface area contributed by atoms with Crippen LogP contribution in [0.15, 0.2) is 22.8 Å². The van der Waals surface area contributed by atoms with Crippen molar-refractivity contribution in [2.24, 2.45) is 11.3 Å². The number of rotatable bonds is 1. The van der Waals surface area contributed by atoms with Crippen molar-refractivity contribution in [3.63, 3.8) is 0 Å². The second kappa shape index (κ2) is 6.22. The lowest BCUT2D eigenvalue weighted by Gasteiger charge is -2.46. The Bertz CT molecular complexity index is 728. The molecule has 4 N–H and O–H groups in total. The molecule has 4 aliphatic rings. The van der Waals surface area contributed by atoms with Gasteiger partial charge in [-0.2, -0.15) is 0 Å². The van der Waals surface area contributed by atoms with Crippen LogP contribution in [0, 0.1) is 11.3 Å². The first kappa shape index (κ1) is 19.3. The molecule has 0 aromatic heterocycles. The normalized spacial score (nSPS) is 47.3. The van der Waals surface area contributed by atoms with Crippen molar-refractivity contribution in [3.05, 3.63) is 22.8 Å². The van der Waals surface area contributed by atoms with E-state index in [9.17, 15) is 25.2 Å². The topological polar surface area (TPSA) is 101 Å². The molecule has 2 fully saturated rings. The van der Waals surface area contributed by atoms with Crippen LogP contribution in [-0.2, 0) is 4.79 Å². The SMILES string of the molecule is CN(C)C1CC2(O)CCC3=C(C=C2C(O)C1O)C(O)CC1(C)C(=O)CCC31. The summed E-state index contributed by atoms with van der Waals surface area (Å²) >= 11 is 0. The molecular formula is C21H31NO5. The number of hydrogen-bond acceptors (Lipinski definition) is 6. The van der Waals surface area contributed by atoms with E-state index in [1.807, 2.05) is 25.9 Å². The number of aliphatic hydroxyl groups is 4.